The zero-order valence-electron chi connectivity index (χ0n) is 16.5. The number of carbonyl (C=O) groups excluding carboxylic acids is 1. The average Bonchev–Trinajstić information content (AvgIpc) is 2.79. The predicted octanol–water partition coefficient (Wildman–Crippen LogP) is 5.93. The lowest BCUT2D eigenvalue weighted by atomic mass is 10.0. The van der Waals surface area contributed by atoms with Crippen molar-refractivity contribution in [1.29, 1.82) is 0 Å². The van der Waals surface area contributed by atoms with Gasteiger partial charge in [-0.25, -0.2) is 4.98 Å². The Hall–Kier alpha value is -3.38. The fourth-order valence-electron chi connectivity index (χ4n) is 3.17. The van der Waals surface area contributed by atoms with Gasteiger partial charge in [0, 0.05) is 21.1 Å². The summed E-state index contributed by atoms with van der Waals surface area (Å²) in [5, 5.41) is 3.73. The second kappa shape index (κ2) is 8.55. The minimum atomic E-state index is -0.208. The maximum absolute atomic E-state index is 13.2. The van der Waals surface area contributed by atoms with E-state index in [4.69, 9.17) is 14.5 Å². The first-order chi connectivity index (χ1) is 14.6. The molecule has 0 aliphatic heterocycles. The Labute approximate surface area is 182 Å². The maximum atomic E-state index is 13.2. The Kier molecular flexibility index (Phi) is 5.68. The van der Waals surface area contributed by atoms with Crippen molar-refractivity contribution in [1.82, 2.24) is 4.98 Å². The van der Waals surface area contributed by atoms with Crippen molar-refractivity contribution < 1.29 is 14.3 Å². The van der Waals surface area contributed by atoms with Gasteiger partial charge in [-0.2, -0.15) is 0 Å². The van der Waals surface area contributed by atoms with Gasteiger partial charge < -0.3 is 14.8 Å². The van der Waals surface area contributed by atoms with Crippen LogP contribution in [0.1, 0.15) is 10.4 Å². The predicted molar refractivity (Wildman–Crippen MR) is 122 cm³/mol. The summed E-state index contributed by atoms with van der Waals surface area (Å²) in [6, 6.07) is 22.4. The molecule has 150 valence electrons. The van der Waals surface area contributed by atoms with Gasteiger partial charge in [-0.3, -0.25) is 4.79 Å². The number of nitrogens with one attached hydrogen (secondary N) is 1. The van der Waals surface area contributed by atoms with Crippen LogP contribution in [0.15, 0.2) is 77.3 Å². The van der Waals surface area contributed by atoms with Crippen molar-refractivity contribution in [3.05, 3.63) is 82.8 Å². The van der Waals surface area contributed by atoms with Crippen molar-refractivity contribution in [3.63, 3.8) is 0 Å². The molecule has 0 unspecified atom stereocenters. The van der Waals surface area contributed by atoms with Gasteiger partial charge in [0.1, 0.15) is 11.5 Å². The Morgan fingerprint density at radius 1 is 0.867 bits per heavy atom. The van der Waals surface area contributed by atoms with Gasteiger partial charge in [-0.1, -0.05) is 15.9 Å². The normalized spacial score (nSPS) is 10.6. The summed E-state index contributed by atoms with van der Waals surface area (Å²) >= 11 is 3.49. The summed E-state index contributed by atoms with van der Waals surface area (Å²) in [6.07, 6.45) is 0. The van der Waals surface area contributed by atoms with E-state index in [1.807, 2.05) is 48.5 Å². The zero-order chi connectivity index (χ0) is 21.1. The summed E-state index contributed by atoms with van der Waals surface area (Å²) in [6.45, 7) is 0. The van der Waals surface area contributed by atoms with Crippen LogP contribution in [0, 0.1) is 0 Å². The molecule has 0 spiro atoms. The Bertz CT molecular complexity index is 1210. The summed E-state index contributed by atoms with van der Waals surface area (Å²) < 4.78 is 11.3. The smallest absolute Gasteiger partial charge is 0.256 e. The molecule has 1 N–H and O–H groups in total. The molecule has 0 saturated heterocycles. The van der Waals surface area contributed by atoms with Crippen LogP contribution in [-0.4, -0.2) is 25.1 Å². The van der Waals surface area contributed by atoms with E-state index in [0.717, 1.165) is 32.4 Å². The molecule has 6 heteroatoms. The number of carbonyl (C=O) groups is 1. The second-order valence-corrected chi connectivity index (χ2v) is 7.54. The van der Waals surface area contributed by atoms with Crippen LogP contribution in [-0.2, 0) is 0 Å². The van der Waals surface area contributed by atoms with Crippen LogP contribution in [0.25, 0.3) is 22.2 Å². The van der Waals surface area contributed by atoms with Gasteiger partial charge in [0.25, 0.3) is 5.91 Å². The second-order valence-electron chi connectivity index (χ2n) is 6.63. The molecule has 1 amide bonds. The lowest BCUT2D eigenvalue weighted by Crippen LogP contribution is -2.13. The molecule has 0 atom stereocenters. The SMILES string of the molecule is COc1ccc(NC(=O)c2cc(-c3ccc(OC)cc3)nc3ccc(Br)cc23)cc1. The monoisotopic (exact) mass is 462 g/mol. The highest BCUT2D eigenvalue weighted by Crippen LogP contribution is 2.29. The van der Waals surface area contributed by atoms with Crippen LogP contribution in [0.4, 0.5) is 5.69 Å². The molecule has 3 aromatic carbocycles. The summed E-state index contributed by atoms with van der Waals surface area (Å²) in [7, 11) is 3.23. The third-order valence-corrected chi connectivity index (χ3v) is 5.24. The third kappa shape index (κ3) is 4.14. The van der Waals surface area contributed by atoms with Gasteiger partial charge in [0.15, 0.2) is 0 Å². The largest absolute Gasteiger partial charge is 0.497 e. The minimum Gasteiger partial charge on any atom is -0.497 e. The number of hydrogen-bond acceptors (Lipinski definition) is 4. The van der Waals surface area contributed by atoms with Crippen LogP contribution in [0.5, 0.6) is 11.5 Å². The van der Waals surface area contributed by atoms with Gasteiger partial charge in [0.2, 0.25) is 0 Å². The molecule has 1 aromatic heterocycles. The number of aromatic nitrogens is 1. The third-order valence-electron chi connectivity index (χ3n) is 4.75. The highest BCUT2D eigenvalue weighted by atomic mass is 79.9. The number of pyridine rings is 1. The van der Waals surface area contributed by atoms with E-state index in [9.17, 15) is 4.79 Å². The van der Waals surface area contributed by atoms with E-state index in [1.165, 1.54) is 0 Å². The Morgan fingerprint density at radius 2 is 1.50 bits per heavy atom. The number of amides is 1. The molecule has 1 heterocycles. The topological polar surface area (TPSA) is 60.5 Å². The quantitative estimate of drug-likeness (QED) is 0.398. The number of ether oxygens (including phenoxy) is 2. The van der Waals surface area contributed by atoms with Gasteiger partial charge >= 0.3 is 0 Å². The molecule has 0 aliphatic rings. The Balaban J connectivity index is 1.77. The van der Waals surface area contributed by atoms with Gasteiger partial charge in [-0.15, -0.1) is 0 Å². The molecule has 4 aromatic rings. The fourth-order valence-corrected chi connectivity index (χ4v) is 3.53. The molecule has 4 rings (SSSR count). The lowest BCUT2D eigenvalue weighted by molar-refractivity contribution is 0.102. The molecule has 0 aliphatic carbocycles. The first-order valence-electron chi connectivity index (χ1n) is 9.27. The summed E-state index contributed by atoms with van der Waals surface area (Å²) in [5.41, 5.74) is 3.59. The molecule has 0 bridgehead atoms. The first kappa shape index (κ1) is 19.9. The van der Waals surface area contributed by atoms with Crippen molar-refractivity contribution in [2.45, 2.75) is 0 Å². The number of rotatable bonds is 5. The number of benzene rings is 3. The molecule has 0 fully saturated rings. The van der Waals surface area contributed by atoms with Crippen molar-refractivity contribution >= 4 is 38.4 Å². The van der Waals surface area contributed by atoms with E-state index in [-0.39, 0.29) is 5.91 Å². The number of hydrogen-bond donors (Lipinski definition) is 1. The van der Waals surface area contributed by atoms with Crippen LogP contribution < -0.4 is 14.8 Å². The molecule has 30 heavy (non-hydrogen) atoms. The highest BCUT2D eigenvalue weighted by molar-refractivity contribution is 9.10. The van der Waals surface area contributed by atoms with E-state index in [2.05, 4.69) is 21.2 Å². The van der Waals surface area contributed by atoms with Crippen LogP contribution in [0.3, 0.4) is 0 Å². The average molecular weight is 463 g/mol. The van der Waals surface area contributed by atoms with Crippen LogP contribution in [0.2, 0.25) is 0 Å². The van der Waals surface area contributed by atoms with E-state index in [1.54, 1.807) is 38.5 Å². The Morgan fingerprint density at radius 3 is 2.13 bits per heavy atom. The minimum absolute atomic E-state index is 0.208. The lowest BCUT2D eigenvalue weighted by Gasteiger charge is -2.12. The maximum Gasteiger partial charge on any atom is 0.256 e. The van der Waals surface area contributed by atoms with E-state index in [0.29, 0.717) is 16.9 Å². The van der Waals surface area contributed by atoms with E-state index >= 15 is 0 Å². The molecule has 0 saturated carbocycles. The summed E-state index contributed by atoms with van der Waals surface area (Å²) in [4.78, 5) is 17.9. The number of nitrogens with zero attached hydrogens (tertiary/aromatic N) is 1. The van der Waals surface area contributed by atoms with E-state index < -0.39 is 0 Å². The molecular formula is C24H19BrN2O3. The fraction of sp³-hybridized carbons (Fsp3) is 0.0833. The van der Waals surface area contributed by atoms with Gasteiger partial charge in [0.05, 0.1) is 31.0 Å². The van der Waals surface area contributed by atoms with Gasteiger partial charge in [-0.05, 0) is 72.8 Å². The highest BCUT2D eigenvalue weighted by Gasteiger charge is 2.15. The van der Waals surface area contributed by atoms with Crippen molar-refractivity contribution in [3.8, 4) is 22.8 Å². The van der Waals surface area contributed by atoms with Crippen molar-refractivity contribution in [2.24, 2.45) is 0 Å². The molecule has 5 nitrogen and oxygen atoms in total. The summed E-state index contributed by atoms with van der Waals surface area (Å²) in [5.74, 6) is 1.29. The molecule has 0 radical (unpaired) electrons. The standard InChI is InChI=1S/C24H19BrN2O3/c1-29-18-8-3-15(4-9-18)23-14-21(20-13-16(25)5-12-22(20)27-23)24(28)26-17-6-10-19(30-2)11-7-17/h3-14H,1-2H3,(H,26,28). The number of fused-ring (bicyclic) bond motifs is 1. The van der Waals surface area contributed by atoms with Crippen LogP contribution >= 0.6 is 15.9 Å². The molecular weight excluding hydrogens is 444 g/mol. The zero-order valence-corrected chi connectivity index (χ0v) is 18.1. The van der Waals surface area contributed by atoms with Crippen molar-refractivity contribution in [2.75, 3.05) is 19.5 Å². The number of halogens is 1. The number of anilines is 1. The first-order valence-corrected chi connectivity index (χ1v) is 10.1. The number of methoxy groups -OCH3 is 2.